The molecule has 0 unspecified atom stereocenters. The summed E-state index contributed by atoms with van der Waals surface area (Å²) in [7, 11) is 0. The zero-order chi connectivity index (χ0) is 22.7. The van der Waals surface area contributed by atoms with Crippen LogP contribution in [0.1, 0.15) is 40.3 Å². The number of hydrogen-bond acceptors (Lipinski definition) is 2. The first-order valence-corrected chi connectivity index (χ1v) is 10.7. The number of rotatable bonds is 3. The van der Waals surface area contributed by atoms with Crippen molar-refractivity contribution in [3.05, 3.63) is 118 Å². The SMILES string of the molecule is Cc1ccc(-c2cc(C#N)ccc2C#N)c(C2=C(c3ccccc3C)C=C[C@H](C)C=C2)c1. The summed E-state index contributed by atoms with van der Waals surface area (Å²) < 4.78 is 0. The first kappa shape index (κ1) is 21.1. The molecule has 0 fully saturated rings. The molecule has 0 saturated carbocycles. The van der Waals surface area contributed by atoms with Crippen LogP contribution < -0.4 is 0 Å². The molecule has 0 bridgehead atoms. The van der Waals surface area contributed by atoms with Crippen molar-refractivity contribution >= 4 is 11.1 Å². The minimum atomic E-state index is 0.316. The van der Waals surface area contributed by atoms with E-state index in [1.165, 1.54) is 11.1 Å². The molecule has 1 aliphatic carbocycles. The zero-order valence-electron chi connectivity index (χ0n) is 18.6. The third-order valence-corrected chi connectivity index (χ3v) is 5.88. The molecule has 0 heterocycles. The van der Waals surface area contributed by atoms with Gasteiger partial charge in [-0.25, -0.2) is 0 Å². The smallest absolute Gasteiger partial charge is 0.0998 e. The average molecular weight is 413 g/mol. The van der Waals surface area contributed by atoms with Crippen molar-refractivity contribution in [2.45, 2.75) is 20.8 Å². The van der Waals surface area contributed by atoms with Crippen LogP contribution >= 0.6 is 0 Å². The summed E-state index contributed by atoms with van der Waals surface area (Å²) in [4.78, 5) is 0. The van der Waals surface area contributed by atoms with Crippen LogP contribution in [0.15, 0.2) is 85.0 Å². The van der Waals surface area contributed by atoms with E-state index in [2.05, 4.69) is 99.7 Å². The van der Waals surface area contributed by atoms with Gasteiger partial charge in [-0.1, -0.05) is 79.3 Å². The van der Waals surface area contributed by atoms with Crippen LogP contribution in [0.4, 0.5) is 0 Å². The summed E-state index contributed by atoms with van der Waals surface area (Å²) in [5, 5.41) is 19.2. The van der Waals surface area contributed by atoms with Crippen molar-refractivity contribution in [2.75, 3.05) is 0 Å². The van der Waals surface area contributed by atoms with E-state index in [4.69, 9.17) is 0 Å². The lowest BCUT2D eigenvalue weighted by Crippen LogP contribution is -1.96. The molecule has 0 radical (unpaired) electrons. The number of hydrogen-bond donors (Lipinski definition) is 0. The second-order valence-electron chi connectivity index (χ2n) is 8.25. The number of nitrogens with zero attached hydrogens (tertiary/aromatic N) is 2. The summed E-state index contributed by atoms with van der Waals surface area (Å²) in [6.45, 7) is 6.39. The Hall–Kier alpha value is -4.14. The van der Waals surface area contributed by atoms with E-state index < -0.39 is 0 Å². The predicted octanol–water partition coefficient (Wildman–Crippen LogP) is 7.39. The quantitative estimate of drug-likeness (QED) is 0.450. The molecule has 0 saturated heterocycles. The molecule has 3 aromatic carbocycles. The molecule has 0 aromatic heterocycles. The van der Waals surface area contributed by atoms with E-state index in [0.29, 0.717) is 17.0 Å². The molecule has 3 aromatic rings. The zero-order valence-corrected chi connectivity index (χ0v) is 18.6. The van der Waals surface area contributed by atoms with Crippen LogP contribution in [-0.2, 0) is 0 Å². The molecule has 4 rings (SSSR count). The molecule has 2 heteroatoms. The highest BCUT2D eigenvalue weighted by Crippen LogP contribution is 2.39. The van der Waals surface area contributed by atoms with E-state index in [0.717, 1.165) is 33.4 Å². The lowest BCUT2D eigenvalue weighted by molar-refractivity contribution is 0.943. The summed E-state index contributed by atoms with van der Waals surface area (Å²) >= 11 is 0. The standard InChI is InChI=1S/C30H24N2/c1-20-8-13-26(25-7-5-4-6-22(25)3)27(14-9-20)30-16-21(2)10-15-28(30)29-17-23(18-31)11-12-24(29)19-32/h4-17,20H,1-3H3/t20-/m0/s1. The number of allylic oxidation sites excluding steroid dienone is 6. The van der Waals surface area contributed by atoms with Gasteiger partial charge in [0.25, 0.3) is 0 Å². The number of aryl methyl sites for hydroxylation is 2. The van der Waals surface area contributed by atoms with Gasteiger partial charge in [-0.15, -0.1) is 0 Å². The van der Waals surface area contributed by atoms with E-state index in [1.54, 1.807) is 12.1 Å². The molecule has 154 valence electrons. The highest BCUT2D eigenvalue weighted by Gasteiger charge is 2.18. The van der Waals surface area contributed by atoms with Crippen molar-refractivity contribution in [3.8, 4) is 23.3 Å². The van der Waals surface area contributed by atoms with E-state index >= 15 is 0 Å². The topological polar surface area (TPSA) is 47.6 Å². The maximum Gasteiger partial charge on any atom is 0.0998 e. The maximum atomic E-state index is 9.78. The molecule has 2 nitrogen and oxygen atoms in total. The summed E-state index contributed by atoms with van der Waals surface area (Å²) in [5.74, 6) is 0.316. The van der Waals surface area contributed by atoms with Crippen molar-refractivity contribution in [2.24, 2.45) is 5.92 Å². The number of benzene rings is 3. The van der Waals surface area contributed by atoms with Gasteiger partial charge in [0.15, 0.2) is 0 Å². The van der Waals surface area contributed by atoms with E-state index in [9.17, 15) is 10.5 Å². The number of nitriles is 2. The van der Waals surface area contributed by atoms with Crippen molar-refractivity contribution in [1.29, 1.82) is 10.5 Å². The fourth-order valence-electron chi connectivity index (χ4n) is 4.13. The third kappa shape index (κ3) is 4.04. The molecular weight excluding hydrogens is 388 g/mol. The largest absolute Gasteiger partial charge is 0.192 e. The van der Waals surface area contributed by atoms with Crippen LogP contribution in [0.5, 0.6) is 0 Å². The van der Waals surface area contributed by atoms with Crippen molar-refractivity contribution in [1.82, 2.24) is 0 Å². The maximum absolute atomic E-state index is 9.78. The Kier molecular flexibility index (Phi) is 5.89. The molecule has 1 aliphatic rings. The van der Waals surface area contributed by atoms with Crippen molar-refractivity contribution in [3.63, 3.8) is 0 Å². The Balaban J connectivity index is 2.07. The second-order valence-corrected chi connectivity index (χ2v) is 8.25. The highest BCUT2D eigenvalue weighted by molar-refractivity contribution is 6.04. The average Bonchev–Trinajstić information content (AvgIpc) is 3.00. The van der Waals surface area contributed by atoms with Gasteiger partial charge in [0.2, 0.25) is 0 Å². The second kappa shape index (κ2) is 8.93. The monoisotopic (exact) mass is 412 g/mol. The summed E-state index contributed by atoms with van der Waals surface area (Å²) in [5.41, 5.74) is 9.73. The summed E-state index contributed by atoms with van der Waals surface area (Å²) in [6, 6.07) is 24.5. The van der Waals surface area contributed by atoms with Gasteiger partial charge in [0.1, 0.15) is 0 Å². The van der Waals surface area contributed by atoms with Gasteiger partial charge in [-0.2, -0.15) is 10.5 Å². The molecule has 32 heavy (non-hydrogen) atoms. The first-order chi connectivity index (χ1) is 15.5. The van der Waals surface area contributed by atoms with Crippen LogP contribution in [0, 0.1) is 42.4 Å². The van der Waals surface area contributed by atoms with E-state index in [1.807, 2.05) is 6.07 Å². The molecule has 0 N–H and O–H groups in total. The lowest BCUT2D eigenvalue weighted by Gasteiger charge is -2.17. The normalized spacial score (nSPS) is 15.2. The van der Waals surface area contributed by atoms with Gasteiger partial charge >= 0.3 is 0 Å². The Morgan fingerprint density at radius 1 is 0.688 bits per heavy atom. The van der Waals surface area contributed by atoms with Crippen LogP contribution in [0.2, 0.25) is 0 Å². The van der Waals surface area contributed by atoms with Gasteiger partial charge in [0, 0.05) is 5.56 Å². The van der Waals surface area contributed by atoms with Gasteiger partial charge in [0.05, 0.1) is 23.3 Å². The lowest BCUT2D eigenvalue weighted by atomic mass is 9.86. The molecule has 1 atom stereocenters. The molecule has 0 spiro atoms. The first-order valence-electron chi connectivity index (χ1n) is 10.7. The van der Waals surface area contributed by atoms with Crippen LogP contribution in [0.3, 0.4) is 0 Å². The van der Waals surface area contributed by atoms with E-state index in [-0.39, 0.29) is 0 Å². The fraction of sp³-hybridized carbons (Fsp3) is 0.133. The third-order valence-electron chi connectivity index (χ3n) is 5.88. The highest BCUT2D eigenvalue weighted by atomic mass is 14.3. The fourth-order valence-corrected chi connectivity index (χ4v) is 4.13. The molecule has 0 aliphatic heterocycles. The Labute approximate surface area is 190 Å². The van der Waals surface area contributed by atoms with Crippen LogP contribution in [0.25, 0.3) is 22.3 Å². The van der Waals surface area contributed by atoms with Gasteiger partial charge in [-0.05, 0) is 71.4 Å². The molecule has 0 amide bonds. The minimum absolute atomic E-state index is 0.316. The minimum Gasteiger partial charge on any atom is -0.192 e. The Bertz CT molecular complexity index is 1370. The summed E-state index contributed by atoms with van der Waals surface area (Å²) in [6.07, 6.45) is 8.84. The predicted molar refractivity (Wildman–Crippen MR) is 131 cm³/mol. The van der Waals surface area contributed by atoms with Gasteiger partial charge < -0.3 is 0 Å². The molecular formula is C30H24N2. The Morgan fingerprint density at radius 3 is 2.09 bits per heavy atom. The van der Waals surface area contributed by atoms with Crippen molar-refractivity contribution < 1.29 is 0 Å². The van der Waals surface area contributed by atoms with Gasteiger partial charge in [-0.3, -0.25) is 0 Å². The van der Waals surface area contributed by atoms with Crippen LogP contribution in [-0.4, -0.2) is 0 Å². The Morgan fingerprint density at radius 2 is 1.41 bits per heavy atom.